The summed E-state index contributed by atoms with van der Waals surface area (Å²) in [7, 11) is 1.61. The number of carboxylic acids is 1. The smallest absolute Gasteiger partial charge is 0.314 e. The van der Waals surface area contributed by atoms with Crippen LogP contribution in [0, 0.1) is 0 Å². The van der Waals surface area contributed by atoms with Crippen molar-refractivity contribution in [1.29, 1.82) is 0 Å². The lowest BCUT2D eigenvalue weighted by molar-refractivity contribution is -0.144. The highest BCUT2D eigenvalue weighted by atomic mass is 16.5. The van der Waals surface area contributed by atoms with Gasteiger partial charge in [-0.05, 0) is 50.0 Å². The van der Waals surface area contributed by atoms with Crippen molar-refractivity contribution < 1.29 is 14.6 Å². The average molecular weight is 249 g/mol. The highest BCUT2D eigenvalue weighted by molar-refractivity contribution is 5.81. The molecule has 1 atom stereocenters. The van der Waals surface area contributed by atoms with Crippen LogP contribution in [0.4, 0.5) is 0 Å². The fraction of sp³-hybridized carbons (Fsp3) is 0.500. The number of ether oxygens (including phenoxy) is 1. The first-order chi connectivity index (χ1) is 8.69. The molecule has 2 rings (SSSR count). The number of aliphatic carboxylic acids is 1. The van der Waals surface area contributed by atoms with Gasteiger partial charge in [0.25, 0.3) is 0 Å². The molecule has 1 aliphatic heterocycles. The van der Waals surface area contributed by atoms with E-state index in [-0.39, 0.29) is 0 Å². The molecule has 1 aromatic rings. The maximum atomic E-state index is 11.7. The van der Waals surface area contributed by atoms with Gasteiger partial charge < -0.3 is 15.2 Å². The highest BCUT2D eigenvalue weighted by Crippen LogP contribution is 2.35. The van der Waals surface area contributed by atoms with Crippen molar-refractivity contribution in [2.24, 2.45) is 0 Å². The molecule has 1 aromatic carbocycles. The van der Waals surface area contributed by atoms with E-state index in [1.54, 1.807) is 7.11 Å². The Kier molecular flexibility index (Phi) is 3.87. The predicted molar refractivity (Wildman–Crippen MR) is 69.0 cm³/mol. The molecule has 0 radical (unpaired) electrons. The third-order valence-electron chi connectivity index (χ3n) is 3.74. The summed E-state index contributed by atoms with van der Waals surface area (Å²) in [6, 6.07) is 7.41. The van der Waals surface area contributed by atoms with Crippen molar-refractivity contribution in [2.75, 3.05) is 20.2 Å². The van der Waals surface area contributed by atoms with E-state index in [0.717, 1.165) is 30.8 Å². The number of hydrogen-bond donors (Lipinski definition) is 2. The Labute approximate surface area is 107 Å². The molecule has 1 fully saturated rings. The molecular formula is C14H19NO3. The van der Waals surface area contributed by atoms with Crippen LogP contribution in [0.3, 0.4) is 0 Å². The minimum Gasteiger partial charge on any atom is -0.497 e. The van der Waals surface area contributed by atoms with Gasteiger partial charge in [0.1, 0.15) is 5.75 Å². The van der Waals surface area contributed by atoms with Crippen LogP contribution < -0.4 is 10.1 Å². The average Bonchev–Trinajstić information content (AvgIpc) is 2.65. The maximum Gasteiger partial charge on any atom is 0.314 e. The van der Waals surface area contributed by atoms with Gasteiger partial charge in [-0.1, -0.05) is 12.1 Å². The summed E-state index contributed by atoms with van der Waals surface area (Å²) < 4.78 is 5.11. The third-order valence-corrected chi connectivity index (χ3v) is 3.74. The van der Waals surface area contributed by atoms with Crippen molar-refractivity contribution in [3.05, 3.63) is 29.8 Å². The first-order valence-corrected chi connectivity index (χ1v) is 6.28. The minimum absolute atomic E-state index is 0.634. The molecule has 1 heterocycles. The number of rotatable bonds is 3. The maximum absolute atomic E-state index is 11.7. The molecule has 0 amide bonds. The van der Waals surface area contributed by atoms with Gasteiger partial charge in [0.05, 0.1) is 12.5 Å². The molecule has 0 aromatic heterocycles. The van der Waals surface area contributed by atoms with Crippen LogP contribution in [-0.4, -0.2) is 31.3 Å². The van der Waals surface area contributed by atoms with E-state index in [1.807, 2.05) is 24.3 Å². The standard InChI is InChI=1S/C14H19NO3/c1-18-12-5-3-11(4-6-12)14(13(16)17)7-2-9-15-10-8-14/h3-6,15H,2,7-10H2,1H3,(H,16,17). The van der Waals surface area contributed by atoms with E-state index < -0.39 is 11.4 Å². The van der Waals surface area contributed by atoms with Crippen LogP contribution >= 0.6 is 0 Å². The predicted octanol–water partition coefficient (Wildman–Crippen LogP) is 1.79. The van der Waals surface area contributed by atoms with Crippen molar-refractivity contribution in [2.45, 2.75) is 24.7 Å². The van der Waals surface area contributed by atoms with Gasteiger partial charge in [-0.25, -0.2) is 0 Å². The quantitative estimate of drug-likeness (QED) is 0.857. The molecule has 1 aliphatic rings. The zero-order valence-electron chi connectivity index (χ0n) is 10.6. The van der Waals surface area contributed by atoms with Crippen LogP contribution in [0.2, 0.25) is 0 Å². The second-order valence-corrected chi connectivity index (χ2v) is 4.72. The summed E-state index contributed by atoms with van der Waals surface area (Å²) in [5, 5.41) is 12.9. The molecule has 0 bridgehead atoms. The Hall–Kier alpha value is -1.55. The number of carbonyl (C=O) groups is 1. The summed E-state index contributed by atoms with van der Waals surface area (Å²) in [4.78, 5) is 11.7. The number of carboxylic acid groups (broad SMARTS) is 1. The van der Waals surface area contributed by atoms with Crippen molar-refractivity contribution >= 4 is 5.97 Å². The summed E-state index contributed by atoms with van der Waals surface area (Å²) in [6.45, 7) is 1.64. The molecular weight excluding hydrogens is 230 g/mol. The summed E-state index contributed by atoms with van der Waals surface area (Å²) in [6.07, 6.45) is 2.20. The van der Waals surface area contributed by atoms with Crippen molar-refractivity contribution in [3.8, 4) is 5.75 Å². The number of methoxy groups -OCH3 is 1. The second kappa shape index (κ2) is 5.40. The molecule has 98 valence electrons. The van der Waals surface area contributed by atoms with Gasteiger partial charge in [-0.15, -0.1) is 0 Å². The van der Waals surface area contributed by atoms with Gasteiger partial charge in [0, 0.05) is 0 Å². The number of hydrogen-bond acceptors (Lipinski definition) is 3. The number of benzene rings is 1. The van der Waals surface area contributed by atoms with Gasteiger partial charge in [0.15, 0.2) is 0 Å². The van der Waals surface area contributed by atoms with Crippen LogP contribution in [0.25, 0.3) is 0 Å². The second-order valence-electron chi connectivity index (χ2n) is 4.72. The van der Waals surface area contributed by atoms with Crippen molar-refractivity contribution in [3.63, 3.8) is 0 Å². The van der Waals surface area contributed by atoms with Crippen LogP contribution in [0.5, 0.6) is 5.75 Å². The molecule has 0 spiro atoms. The van der Waals surface area contributed by atoms with Crippen LogP contribution in [-0.2, 0) is 10.2 Å². The molecule has 18 heavy (non-hydrogen) atoms. The van der Waals surface area contributed by atoms with Gasteiger partial charge in [-0.2, -0.15) is 0 Å². The molecule has 2 N–H and O–H groups in total. The summed E-state index contributed by atoms with van der Waals surface area (Å²) in [5.74, 6) is 0.0300. The normalized spacial score (nSPS) is 24.3. The molecule has 0 aliphatic carbocycles. The largest absolute Gasteiger partial charge is 0.497 e. The lowest BCUT2D eigenvalue weighted by Crippen LogP contribution is -2.36. The van der Waals surface area contributed by atoms with E-state index in [0.29, 0.717) is 12.8 Å². The minimum atomic E-state index is -0.754. The van der Waals surface area contributed by atoms with E-state index in [4.69, 9.17) is 4.74 Å². The fourth-order valence-corrected chi connectivity index (χ4v) is 2.60. The molecule has 0 saturated carbocycles. The summed E-state index contributed by atoms with van der Waals surface area (Å²) >= 11 is 0. The molecule has 1 unspecified atom stereocenters. The SMILES string of the molecule is COc1ccc(C2(C(=O)O)CCCNCC2)cc1. The summed E-state index contributed by atoms with van der Waals surface area (Å²) in [5.41, 5.74) is 0.120. The van der Waals surface area contributed by atoms with E-state index in [1.165, 1.54) is 0 Å². The van der Waals surface area contributed by atoms with Crippen LogP contribution in [0.1, 0.15) is 24.8 Å². The Morgan fingerprint density at radius 2 is 2.00 bits per heavy atom. The topological polar surface area (TPSA) is 58.6 Å². The van der Waals surface area contributed by atoms with E-state index in [9.17, 15) is 9.90 Å². The first-order valence-electron chi connectivity index (χ1n) is 6.28. The van der Waals surface area contributed by atoms with Gasteiger partial charge in [-0.3, -0.25) is 4.79 Å². The van der Waals surface area contributed by atoms with Crippen LogP contribution in [0.15, 0.2) is 24.3 Å². The van der Waals surface area contributed by atoms with Crippen molar-refractivity contribution in [1.82, 2.24) is 5.32 Å². The fourth-order valence-electron chi connectivity index (χ4n) is 2.60. The van der Waals surface area contributed by atoms with E-state index in [2.05, 4.69) is 5.32 Å². The Balaban J connectivity index is 2.35. The number of nitrogens with one attached hydrogen (secondary N) is 1. The Bertz CT molecular complexity index is 406. The first kappa shape index (κ1) is 12.9. The monoisotopic (exact) mass is 249 g/mol. The lowest BCUT2D eigenvalue weighted by Gasteiger charge is -2.28. The zero-order chi connectivity index (χ0) is 13.0. The highest BCUT2D eigenvalue weighted by Gasteiger charge is 2.40. The van der Waals surface area contributed by atoms with E-state index >= 15 is 0 Å². The molecule has 1 saturated heterocycles. The zero-order valence-corrected chi connectivity index (χ0v) is 10.6. The van der Waals surface area contributed by atoms with Gasteiger partial charge in [0.2, 0.25) is 0 Å². The third kappa shape index (κ3) is 2.34. The molecule has 4 nitrogen and oxygen atoms in total. The lowest BCUT2D eigenvalue weighted by atomic mass is 9.74. The Morgan fingerprint density at radius 3 is 2.61 bits per heavy atom. The Morgan fingerprint density at radius 1 is 1.28 bits per heavy atom. The van der Waals surface area contributed by atoms with Gasteiger partial charge >= 0.3 is 5.97 Å². The molecule has 4 heteroatoms.